The molecule has 0 aromatic rings. The molecule has 0 aromatic heterocycles. The molecule has 0 bridgehead atoms. The number of nitrogens with zero attached hydrogens (tertiary/aromatic N) is 2. The minimum Gasteiger partial charge on any atom is -0.481 e. The van der Waals surface area contributed by atoms with Crippen LogP contribution in [0.1, 0.15) is 27.7 Å². The standard InChI is InChI=1S/C14H27N3O4/c1-10(12(18)19)11(2)15-13(20)17-7-5-16(6-8-17)9-14(3,4)21/h10-11,21H,5-9H2,1-4H3,(H,15,20)(H,18,19). The molecule has 1 rings (SSSR count). The highest BCUT2D eigenvalue weighted by molar-refractivity contribution is 5.76. The van der Waals surface area contributed by atoms with Crippen LogP contribution < -0.4 is 5.32 Å². The number of amides is 2. The normalized spacial score (nSPS) is 20.0. The van der Waals surface area contributed by atoms with Crippen molar-refractivity contribution >= 4 is 12.0 Å². The van der Waals surface area contributed by atoms with E-state index in [1.54, 1.807) is 32.6 Å². The number of urea groups is 1. The Hall–Kier alpha value is -1.34. The molecular weight excluding hydrogens is 274 g/mol. The van der Waals surface area contributed by atoms with Gasteiger partial charge in [-0.05, 0) is 27.7 Å². The molecule has 1 fully saturated rings. The van der Waals surface area contributed by atoms with Gasteiger partial charge >= 0.3 is 12.0 Å². The maximum Gasteiger partial charge on any atom is 0.317 e. The van der Waals surface area contributed by atoms with Crippen LogP contribution in [0.25, 0.3) is 0 Å². The lowest BCUT2D eigenvalue weighted by atomic mass is 10.0. The van der Waals surface area contributed by atoms with Crippen LogP contribution in [0.15, 0.2) is 0 Å². The molecule has 7 nitrogen and oxygen atoms in total. The molecule has 2 amide bonds. The van der Waals surface area contributed by atoms with E-state index in [-0.39, 0.29) is 6.03 Å². The summed E-state index contributed by atoms with van der Waals surface area (Å²) < 4.78 is 0. The maximum absolute atomic E-state index is 12.1. The van der Waals surface area contributed by atoms with Crippen molar-refractivity contribution in [2.24, 2.45) is 5.92 Å². The number of hydrogen-bond donors (Lipinski definition) is 3. The average Bonchev–Trinajstić information content (AvgIpc) is 2.36. The van der Waals surface area contributed by atoms with Gasteiger partial charge in [0.2, 0.25) is 0 Å². The topological polar surface area (TPSA) is 93.1 Å². The van der Waals surface area contributed by atoms with E-state index in [0.717, 1.165) is 0 Å². The van der Waals surface area contributed by atoms with E-state index in [1.807, 2.05) is 0 Å². The van der Waals surface area contributed by atoms with Gasteiger partial charge in [0.15, 0.2) is 0 Å². The third kappa shape index (κ3) is 5.89. The Bertz CT molecular complexity index is 373. The van der Waals surface area contributed by atoms with Gasteiger partial charge in [-0.2, -0.15) is 0 Å². The number of carboxylic acid groups (broad SMARTS) is 1. The molecule has 0 aliphatic carbocycles. The number of β-amino-alcohol motifs (C(OH)–C–C–N with tert-alkyl or cyclic N) is 1. The quantitative estimate of drug-likeness (QED) is 0.674. The lowest BCUT2D eigenvalue weighted by molar-refractivity contribution is -0.141. The number of aliphatic carboxylic acids is 1. The van der Waals surface area contributed by atoms with Gasteiger partial charge in [0.1, 0.15) is 0 Å². The molecule has 0 saturated carbocycles. The number of carboxylic acids is 1. The molecule has 2 atom stereocenters. The van der Waals surface area contributed by atoms with Gasteiger partial charge in [0, 0.05) is 38.8 Å². The highest BCUT2D eigenvalue weighted by Gasteiger charge is 2.27. The minimum atomic E-state index is -0.919. The van der Waals surface area contributed by atoms with E-state index < -0.39 is 23.5 Å². The Morgan fingerprint density at radius 1 is 1.19 bits per heavy atom. The first kappa shape index (κ1) is 17.7. The maximum atomic E-state index is 12.1. The molecule has 122 valence electrons. The van der Waals surface area contributed by atoms with Gasteiger partial charge in [0.25, 0.3) is 0 Å². The first-order chi connectivity index (χ1) is 9.60. The second-order valence-electron chi connectivity index (χ2n) is 6.44. The third-order valence-electron chi connectivity index (χ3n) is 3.76. The molecule has 0 spiro atoms. The predicted molar refractivity (Wildman–Crippen MR) is 79.1 cm³/mol. The van der Waals surface area contributed by atoms with Crippen LogP contribution in [-0.2, 0) is 4.79 Å². The van der Waals surface area contributed by atoms with Crippen molar-refractivity contribution in [3.8, 4) is 0 Å². The van der Waals surface area contributed by atoms with Crippen LogP contribution in [0.3, 0.4) is 0 Å². The molecule has 1 saturated heterocycles. The fourth-order valence-electron chi connectivity index (χ4n) is 2.28. The lowest BCUT2D eigenvalue weighted by Gasteiger charge is -2.37. The zero-order chi connectivity index (χ0) is 16.2. The molecule has 21 heavy (non-hydrogen) atoms. The molecular formula is C14H27N3O4. The van der Waals surface area contributed by atoms with Crippen molar-refractivity contribution in [2.45, 2.75) is 39.3 Å². The Kier molecular flexibility index (Phi) is 5.98. The van der Waals surface area contributed by atoms with E-state index in [2.05, 4.69) is 10.2 Å². The number of rotatable bonds is 5. The first-order valence-electron chi connectivity index (χ1n) is 7.33. The fraction of sp³-hybridized carbons (Fsp3) is 0.857. The van der Waals surface area contributed by atoms with Gasteiger partial charge in [-0.3, -0.25) is 9.69 Å². The summed E-state index contributed by atoms with van der Waals surface area (Å²) in [6.45, 7) is 9.96. The van der Waals surface area contributed by atoms with Crippen LogP contribution in [0.5, 0.6) is 0 Å². The molecule has 3 N–H and O–H groups in total. The van der Waals surface area contributed by atoms with Gasteiger partial charge in [-0.25, -0.2) is 4.79 Å². The number of piperazine rings is 1. The third-order valence-corrected chi connectivity index (χ3v) is 3.76. The summed E-state index contributed by atoms with van der Waals surface area (Å²) >= 11 is 0. The molecule has 0 radical (unpaired) electrons. The minimum absolute atomic E-state index is 0.224. The number of carbonyl (C=O) groups is 2. The summed E-state index contributed by atoms with van der Waals surface area (Å²) in [6, 6.07) is -0.636. The van der Waals surface area contributed by atoms with Crippen molar-refractivity contribution in [3.05, 3.63) is 0 Å². The Morgan fingerprint density at radius 3 is 2.14 bits per heavy atom. The number of aliphatic hydroxyl groups is 1. The van der Waals surface area contributed by atoms with Gasteiger partial charge < -0.3 is 20.4 Å². The second kappa shape index (κ2) is 7.09. The molecule has 2 unspecified atom stereocenters. The fourth-order valence-corrected chi connectivity index (χ4v) is 2.28. The van der Waals surface area contributed by atoms with Gasteiger partial charge in [0.05, 0.1) is 11.5 Å². The zero-order valence-electron chi connectivity index (χ0n) is 13.3. The van der Waals surface area contributed by atoms with E-state index in [9.17, 15) is 14.7 Å². The van der Waals surface area contributed by atoms with Crippen LogP contribution >= 0.6 is 0 Å². The molecule has 1 heterocycles. The summed E-state index contributed by atoms with van der Waals surface area (Å²) in [5.41, 5.74) is -0.740. The smallest absolute Gasteiger partial charge is 0.317 e. The monoisotopic (exact) mass is 301 g/mol. The molecule has 0 aromatic carbocycles. The van der Waals surface area contributed by atoms with Crippen molar-refractivity contribution in [1.82, 2.24) is 15.1 Å². The predicted octanol–water partition coefficient (Wildman–Crippen LogP) is 0.194. The van der Waals surface area contributed by atoms with Gasteiger partial charge in [-0.1, -0.05) is 0 Å². The van der Waals surface area contributed by atoms with Gasteiger partial charge in [-0.15, -0.1) is 0 Å². The number of nitrogens with one attached hydrogen (secondary N) is 1. The SMILES string of the molecule is CC(NC(=O)N1CCN(CC(C)(C)O)CC1)C(C)C(=O)O. The summed E-state index contributed by atoms with van der Waals surface area (Å²) in [4.78, 5) is 26.8. The van der Waals surface area contributed by atoms with E-state index >= 15 is 0 Å². The average molecular weight is 301 g/mol. The van der Waals surface area contributed by atoms with Crippen molar-refractivity contribution < 1.29 is 19.8 Å². The summed E-state index contributed by atoms with van der Waals surface area (Å²) in [7, 11) is 0. The Balaban J connectivity index is 2.40. The largest absolute Gasteiger partial charge is 0.481 e. The molecule has 7 heteroatoms. The van der Waals surface area contributed by atoms with Crippen molar-refractivity contribution in [3.63, 3.8) is 0 Å². The first-order valence-corrected chi connectivity index (χ1v) is 7.33. The number of carbonyl (C=O) groups excluding carboxylic acids is 1. The Morgan fingerprint density at radius 2 is 1.71 bits per heavy atom. The van der Waals surface area contributed by atoms with Crippen molar-refractivity contribution in [1.29, 1.82) is 0 Å². The summed E-state index contributed by atoms with van der Waals surface area (Å²) in [6.07, 6.45) is 0. The van der Waals surface area contributed by atoms with E-state index in [1.165, 1.54) is 0 Å². The van der Waals surface area contributed by atoms with E-state index in [4.69, 9.17) is 5.11 Å². The highest BCUT2D eigenvalue weighted by Crippen LogP contribution is 2.09. The van der Waals surface area contributed by atoms with Crippen molar-refractivity contribution in [2.75, 3.05) is 32.7 Å². The van der Waals surface area contributed by atoms with E-state index in [0.29, 0.717) is 32.7 Å². The van der Waals surface area contributed by atoms with Crippen LogP contribution in [-0.4, -0.2) is 76.4 Å². The number of hydrogen-bond acceptors (Lipinski definition) is 4. The van der Waals surface area contributed by atoms with Crippen LogP contribution in [0, 0.1) is 5.92 Å². The molecule has 1 aliphatic rings. The van der Waals surface area contributed by atoms with Crippen LogP contribution in [0.2, 0.25) is 0 Å². The Labute approximate surface area is 125 Å². The lowest BCUT2D eigenvalue weighted by Crippen LogP contribution is -2.55. The summed E-state index contributed by atoms with van der Waals surface area (Å²) in [5, 5.41) is 21.4. The highest BCUT2D eigenvalue weighted by atomic mass is 16.4. The summed E-state index contributed by atoms with van der Waals surface area (Å²) in [5.74, 6) is -1.54. The van der Waals surface area contributed by atoms with Crippen LogP contribution in [0.4, 0.5) is 4.79 Å². The molecule has 1 aliphatic heterocycles. The zero-order valence-corrected chi connectivity index (χ0v) is 13.3. The second-order valence-corrected chi connectivity index (χ2v) is 6.44.